The van der Waals surface area contributed by atoms with Crippen LogP contribution < -0.4 is 5.32 Å². The lowest BCUT2D eigenvalue weighted by molar-refractivity contribution is 0.318. The molecule has 2 N–H and O–H groups in total. The van der Waals surface area contributed by atoms with Crippen molar-refractivity contribution >= 4 is 45.3 Å². The molecule has 0 amide bonds. The third-order valence-corrected chi connectivity index (χ3v) is 5.26. The predicted octanol–water partition coefficient (Wildman–Crippen LogP) is 4.09. The maximum absolute atomic E-state index is 5.30. The molecular formula is C16H16N4S2. The van der Waals surface area contributed by atoms with Gasteiger partial charge in [0.1, 0.15) is 10.6 Å². The van der Waals surface area contributed by atoms with Gasteiger partial charge in [-0.05, 0) is 43.4 Å². The van der Waals surface area contributed by atoms with Gasteiger partial charge in [0, 0.05) is 23.7 Å². The third-order valence-electron chi connectivity index (χ3n) is 3.96. The number of H-pyrrole nitrogens is 1. The number of likely N-dealkylation sites (N-methyl/N-ethyl adjacent to an activating group) is 1. The maximum Gasteiger partial charge on any atom is 0.199 e. The maximum atomic E-state index is 5.30. The Bertz CT molecular complexity index is 882. The van der Waals surface area contributed by atoms with E-state index in [-0.39, 0.29) is 0 Å². The number of rotatable bonds is 2. The minimum atomic E-state index is 0.526. The molecule has 0 bridgehead atoms. The number of benzene rings is 1. The average molecular weight is 328 g/mol. The molecule has 0 atom stereocenters. The molecule has 3 aromatic rings. The molecule has 1 aliphatic rings. The van der Waals surface area contributed by atoms with Crippen molar-refractivity contribution in [1.29, 1.82) is 0 Å². The number of aromatic nitrogens is 2. The van der Waals surface area contributed by atoms with E-state index < -0.39 is 0 Å². The van der Waals surface area contributed by atoms with Crippen molar-refractivity contribution < 1.29 is 0 Å². The highest BCUT2D eigenvalue weighted by molar-refractivity contribution is 7.71. The summed E-state index contributed by atoms with van der Waals surface area (Å²) in [4.78, 5) is 12.5. The highest BCUT2D eigenvalue weighted by Gasteiger charge is 2.22. The van der Waals surface area contributed by atoms with Crippen molar-refractivity contribution in [3.05, 3.63) is 45.5 Å². The number of hydrogen-bond acceptors (Lipinski definition) is 5. The molecule has 2 aromatic heterocycles. The summed E-state index contributed by atoms with van der Waals surface area (Å²) in [6, 6.07) is 10.2. The highest BCUT2D eigenvalue weighted by atomic mass is 32.1. The van der Waals surface area contributed by atoms with Crippen LogP contribution in [0.3, 0.4) is 0 Å². The highest BCUT2D eigenvalue weighted by Crippen LogP contribution is 2.37. The zero-order valence-corrected chi connectivity index (χ0v) is 13.9. The van der Waals surface area contributed by atoms with Gasteiger partial charge >= 0.3 is 0 Å². The summed E-state index contributed by atoms with van der Waals surface area (Å²) in [5, 5.41) is 4.67. The van der Waals surface area contributed by atoms with Gasteiger partial charge in [-0.1, -0.05) is 18.2 Å². The first kappa shape index (κ1) is 13.9. The zero-order valence-electron chi connectivity index (χ0n) is 12.2. The topological polar surface area (TPSA) is 44.0 Å². The van der Waals surface area contributed by atoms with Gasteiger partial charge in [0.2, 0.25) is 0 Å². The van der Waals surface area contributed by atoms with E-state index in [4.69, 9.17) is 12.2 Å². The smallest absolute Gasteiger partial charge is 0.199 e. The standard InChI is InChI=1S/C16H16N4S2/c1-20-8-7-11-12(9-20)22-15-13(11)14(18-16(21)19-15)17-10-5-3-2-4-6-10/h2-6H,7-9H2,1H3,(H2,17,18,19,21). The Morgan fingerprint density at radius 1 is 1.32 bits per heavy atom. The normalized spacial score (nSPS) is 15.0. The van der Waals surface area contributed by atoms with Crippen LogP contribution in [-0.4, -0.2) is 28.5 Å². The third kappa shape index (κ3) is 2.43. The van der Waals surface area contributed by atoms with Gasteiger partial charge in [-0.3, -0.25) is 0 Å². The van der Waals surface area contributed by atoms with Crippen LogP contribution in [0, 0.1) is 4.77 Å². The first-order chi connectivity index (χ1) is 10.7. The number of para-hydroxylation sites is 1. The second-order valence-electron chi connectivity index (χ2n) is 5.58. The number of anilines is 2. The largest absolute Gasteiger partial charge is 0.341 e. The molecule has 4 nitrogen and oxygen atoms in total. The summed E-state index contributed by atoms with van der Waals surface area (Å²) < 4.78 is 0.526. The summed E-state index contributed by atoms with van der Waals surface area (Å²) in [6.07, 6.45) is 1.06. The van der Waals surface area contributed by atoms with E-state index in [0.29, 0.717) is 4.77 Å². The molecule has 4 rings (SSSR count). The van der Waals surface area contributed by atoms with Gasteiger partial charge in [-0.25, -0.2) is 4.98 Å². The minimum absolute atomic E-state index is 0.526. The van der Waals surface area contributed by atoms with E-state index >= 15 is 0 Å². The van der Waals surface area contributed by atoms with Crippen LogP contribution in [0.1, 0.15) is 10.4 Å². The SMILES string of the molecule is CN1CCc2c(sc3nc(=S)[nH]c(Nc4ccccc4)c23)C1. The molecular weight excluding hydrogens is 312 g/mol. The monoisotopic (exact) mass is 328 g/mol. The van der Waals surface area contributed by atoms with Crippen LogP contribution in [0.2, 0.25) is 0 Å². The van der Waals surface area contributed by atoms with Crippen molar-refractivity contribution in [2.75, 3.05) is 18.9 Å². The lowest BCUT2D eigenvalue weighted by Crippen LogP contribution is -2.25. The first-order valence-corrected chi connectivity index (χ1v) is 8.48. The average Bonchev–Trinajstić information content (AvgIpc) is 2.85. The van der Waals surface area contributed by atoms with Crippen molar-refractivity contribution in [2.24, 2.45) is 0 Å². The van der Waals surface area contributed by atoms with Crippen LogP contribution in [0.5, 0.6) is 0 Å². The Kier molecular flexibility index (Phi) is 3.44. The van der Waals surface area contributed by atoms with E-state index in [9.17, 15) is 0 Å². The zero-order chi connectivity index (χ0) is 15.1. The number of nitrogens with one attached hydrogen (secondary N) is 2. The number of aromatic amines is 1. The first-order valence-electron chi connectivity index (χ1n) is 7.26. The molecule has 0 radical (unpaired) electrons. The molecule has 0 unspecified atom stereocenters. The molecule has 22 heavy (non-hydrogen) atoms. The molecule has 0 saturated heterocycles. The Hall–Kier alpha value is -1.76. The molecule has 1 aromatic carbocycles. The Balaban J connectivity index is 1.88. The Morgan fingerprint density at radius 2 is 2.14 bits per heavy atom. The van der Waals surface area contributed by atoms with Crippen LogP contribution in [0.15, 0.2) is 30.3 Å². The number of fused-ring (bicyclic) bond motifs is 3. The van der Waals surface area contributed by atoms with E-state index in [0.717, 1.165) is 35.8 Å². The molecule has 0 fully saturated rings. The second-order valence-corrected chi connectivity index (χ2v) is 7.05. The summed E-state index contributed by atoms with van der Waals surface area (Å²) in [5.74, 6) is 0.961. The quantitative estimate of drug-likeness (QED) is 0.696. The Morgan fingerprint density at radius 3 is 2.95 bits per heavy atom. The van der Waals surface area contributed by atoms with Crippen molar-refractivity contribution in [1.82, 2.24) is 14.9 Å². The summed E-state index contributed by atoms with van der Waals surface area (Å²) in [6.45, 7) is 2.08. The van der Waals surface area contributed by atoms with Gasteiger partial charge in [-0.15, -0.1) is 11.3 Å². The molecule has 3 heterocycles. The van der Waals surface area contributed by atoms with Gasteiger partial charge < -0.3 is 15.2 Å². The van der Waals surface area contributed by atoms with E-state index in [1.807, 2.05) is 18.2 Å². The predicted molar refractivity (Wildman–Crippen MR) is 94.6 cm³/mol. The fraction of sp³-hybridized carbons (Fsp3) is 0.250. The van der Waals surface area contributed by atoms with E-state index in [1.54, 1.807) is 11.3 Å². The van der Waals surface area contributed by atoms with Crippen LogP contribution in [0.4, 0.5) is 11.5 Å². The summed E-state index contributed by atoms with van der Waals surface area (Å²) >= 11 is 7.06. The van der Waals surface area contributed by atoms with Gasteiger partial charge in [0.15, 0.2) is 4.77 Å². The molecule has 0 saturated carbocycles. The van der Waals surface area contributed by atoms with Crippen LogP contribution in [0.25, 0.3) is 10.2 Å². The van der Waals surface area contributed by atoms with E-state index in [1.165, 1.54) is 15.8 Å². The Labute approximate surface area is 137 Å². The summed E-state index contributed by atoms with van der Waals surface area (Å²) in [7, 11) is 2.16. The molecule has 0 spiro atoms. The van der Waals surface area contributed by atoms with Crippen LogP contribution >= 0.6 is 23.6 Å². The van der Waals surface area contributed by atoms with Crippen molar-refractivity contribution in [3.63, 3.8) is 0 Å². The summed E-state index contributed by atoms with van der Waals surface area (Å²) in [5.41, 5.74) is 2.46. The minimum Gasteiger partial charge on any atom is -0.341 e. The molecule has 0 aliphatic carbocycles. The second kappa shape index (κ2) is 5.46. The fourth-order valence-electron chi connectivity index (χ4n) is 2.90. The van der Waals surface area contributed by atoms with Gasteiger partial charge in [-0.2, -0.15) is 0 Å². The van der Waals surface area contributed by atoms with E-state index in [2.05, 4.69) is 39.4 Å². The number of hydrogen-bond donors (Lipinski definition) is 2. The van der Waals surface area contributed by atoms with Crippen LogP contribution in [-0.2, 0) is 13.0 Å². The lowest BCUT2D eigenvalue weighted by atomic mass is 10.1. The number of nitrogens with zero attached hydrogens (tertiary/aromatic N) is 2. The van der Waals surface area contributed by atoms with Crippen molar-refractivity contribution in [3.8, 4) is 0 Å². The van der Waals surface area contributed by atoms with Crippen molar-refractivity contribution in [2.45, 2.75) is 13.0 Å². The van der Waals surface area contributed by atoms with Gasteiger partial charge in [0.05, 0.1) is 5.39 Å². The fourth-order valence-corrected chi connectivity index (χ4v) is 4.46. The number of thiophene rings is 1. The molecule has 112 valence electrons. The molecule has 1 aliphatic heterocycles. The lowest BCUT2D eigenvalue weighted by Gasteiger charge is -2.22. The molecule has 6 heteroatoms. The van der Waals surface area contributed by atoms with Gasteiger partial charge in [0.25, 0.3) is 0 Å².